The second kappa shape index (κ2) is 4.48. The Morgan fingerprint density at radius 1 is 1.64 bits per heavy atom. The fraction of sp³-hybridized carbons (Fsp3) is 0.455. The van der Waals surface area contributed by atoms with Gasteiger partial charge in [-0.25, -0.2) is 0 Å². The summed E-state index contributed by atoms with van der Waals surface area (Å²) in [5.74, 6) is 2.71. The Morgan fingerprint density at radius 2 is 2.29 bits per heavy atom. The highest BCUT2D eigenvalue weighted by atomic mass is 79.9. The summed E-state index contributed by atoms with van der Waals surface area (Å²) >= 11 is 5.28. The van der Waals surface area contributed by atoms with Crippen LogP contribution in [-0.4, -0.2) is 5.54 Å². The smallest absolute Gasteiger partial charge is 0.0744 e. The van der Waals surface area contributed by atoms with Gasteiger partial charge in [-0.05, 0) is 42.8 Å². The summed E-state index contributed by atoms with van der Waals surface area (Å²) < 4.78 is 1.18. The lowest BCUT2D eigenvalue weighted by Gasteiger charge is -2.18. The lowest BCUT2D eigenvalue weighted by Crippen LogP contribution is -2.36. The molecule has 0 saturated carbocycles. The van der Waals surface area contributed by atoms with Crippen LogP contribution in [0.2, 0.25) is 0 Å². The molecule has 0 fully saturated rings. The first kappa shape index (κ1) is 11.8. The minimum atomic E-state index is -0.232. The number of thiophene rings is 1. The summed E-state index contributed by atoms with van der Waals surface area (Å²) in [6, 6.07) is 2.14. The van der Waals surface area contributed by atoms with Crippen LogP contribution in [0, 0.1) is 19.3 Å². The fourth-order valence-corrected chi connectivity index (χ4v) is 2.51. The minimum absolute atomic E-state index is 0.232. The van der Waals surface area contributed by atoms with Crippen molar-refractivity contribution < 1.29 is 0 Å². The first-order chi connectivity index (χ1) is 6.44. The van der Waals surface area contributed by atoms with Crippen molar-refractivity contribution in [2.45, 2.75) is 32.9 Å². The topological polar surface area (TPSA) is 12.0 Å². The standard InChI is InChI=1S/C11H14BrNS/c1-5-11(3,4)13-7-9-6-10(12)8(2)14-9/h1,6,13H,7H2,2-4H3. The summed E-state index contributed by atoms with van der Waals surface area (Å²) in [5.41, 5.74) is -0.232. The van der Waals surface area contributed by atoms with Gasteiger partial charge < -0.3 is 0 Å². The van der Waals surface area contributed by atoms with Crippen LogP contribution in [0.15, 0.2) is 10.5 Å². The van der Waals surface area contributed by atoms with Gasteiger partial charge in [-0.3, -0.25) is 5.32 Å². The number of hydrogen-bond donors (Lipinski definition) is 1. The number of nitrogens with one attached hydrogen (secondary N) is 1. The molecule has 1 heterocycles. The predicted molar refractivity (Wildman–Crippen MR) is 66.5 cm³/mol. The molecule has 1 aromatic heterocycles. The lowest BCUT2D eigenvalue weighted by atomic mass is 10.1. The average molecular weight is 272 g/mol. The molecule has 1 aromatic rings. The minimum Gasteiger partial charge on any atom is -0.297 e. The summed E-state index contributed by atoms with van der Waals surface area (Å²) in [4.78, 5) is 2.61. The van der Waals surface area contributed by atoms with Crippen LogP contribution in [0.25, 0.3) is 0 Å². The van der Waals surface area contributed by atoms with E-state index in [0.29, 0.717) is 0 Å². The van der Waals surface area contributed by atoms with E-state index in [2.05, 4.69) is 40.2 Å². The SMILES string of the molecule is C#CC(C)(C)NCc1cc(Br)c(C)s1. The maximum Gasteiger partial charge on any atom is 0.0744 e. The van der Waals surface area contributed by atoms with Crippen LogP contribution in [0.3, 0.4) is 0 Å². The van der Waals surface area contributed by atoms with E-state index in [9.17, 15) is 0 Å². The van der Waals surface area contributed by atoms with E-state index < -0.39 is 0 Å². The molecule has 0 radical (unpaired) electrons. The van der Waals surface area contributed by atoms with Crippen molar-refractivity contribution in [3.63, 3.8) is 0 Å². The van der Waals surface area contributed by atoms with E-state index in [1.807, 2.05) is 13.8 Å². The van der Waals surface area contributed by atoms with Gasteiger partial charge in [0.1, 0.15) is 0 Å². The van der Waals surface area contributed by atoms with E-state index in [1.54, 1.807) is 11.3 Å². The molecule has 0 aliphatic rings. The van der Waals surface area contributed by atoms with E-state index in [0.717, 1.165) is 6.54 Å². The first-order valence-corrected chi connectivity index (χ1v) is 6.03. The van der Waals surface area contributed by atoms with Crippen LogP contribution in [0.4, 0.5) is 0 Å². The molecule has 0 aliphatic carbocycles. The van der Waals surface area contributed by atoms with E-state index in [4.69, 9.17) is 6.42 Å². The molecule has 0 saturated heterocycles. The molecule has 76 valence electrons. The zero-order valence-corrected chi connectivity index (χ0v) is 11.1. The van der Waals surface area contributed by atoms with Gasteiger partial charge in [-0.1, -0.05) is 5.92 Å². The third-order valence-electron chi connectivity index (χ3n) is 1.97. The number of rotatable bonds is 3. The summed E-state index contributed by atoms with van der Waals surface area (Å²) in [6.07, 6.45) is 5.39. The zero-order chi connectivity index (χ0) is 10.8. The highest BCUT2D eigenvalue weighted by Crippen LogP contribution is 2.26. The zero-order valence-electron chi connectivity index (χ0n) is 8.65. The number of halogens is 1. The van der Waals surface area contributed by atoms with E-state index in [1.165, 1.54) is 14.2 Å². The maximum atomic E-state index is 5.39. The predicted octanol–water partition coefficient (Wildman–Crippen LogP) is 3.32. The lowest BCUT2D eigenvalue weighted by molar-refractivity contribution is 0.494. The molecule has 0 aromatic carbocycles. The first-order valence-electron chi connectivity index (χ1n) is 4.42. The van der Waals surface area contributed by atoms with Gasteiger partial charge in [0.25, 0.3) is 0 Å². The summed E-state index contributed by atoms with van der Waals surface area (Å²) in [5, 5.41) is 3.32. The Bertz CT molecular complexity index is 340. The molecule has 0 bridgehead atoms. The van der Waals surface area contributed by atoms with Gasteiger partial charge in [0, 0.05) is 20.8 Å². The number of terminal acetylenes is 1. The van der Waals surface area contributed by atoms with Crippen molar-refractivity contribution >= 4 is 27.3 Å². The molecular formula is C11H14BrNS. The Morgan fingerprint density at radius 3 is 2.71 bits per heavy atom. The molecule has 1 rings (SSSR count). The van der Waals surface area contributed by atoms with Crippen molar-refractivity contribution in [2.75, 3.05) is 0 Å². The molecule has 0 atom stereocenters. The van der Waals surface area contributed by atoms with Crippen molar-refractivity contribution in [1.29, 1.82) is 0 Å². The van der Waals surface area contributed by atoms with E-state index in [-0.39, 0.29) is 5.54 Å². The van der Waals surface area contributed by atoms with Gasteiger partial charge in [-0.15, -0.1) is 17.8 Å². The van der Waals surface area contributed by atoms with Gasteiger partial charge in [-0.2, -0.15) is 0 Å². The van der Waals surface area contributed by atoms with Crippen LogP contribution >= 0.6 is 27.3 Å². The summed E-state index contributed by atoms with van der Waals surface area (Å²) in [6.45, 7) is 6.93. The highest BCUT2D eigenvalue weighted by molar-refractivity contribution is 9.10. The third kappa shape index (κ3) is 3.13. The van der Waals surface area contributed by atoms with Crippen molar-refractivity contribution in [1.82, 2.24) is 5.32 Å². The van der Waals surface area contributed by atoms with Crippen LogP contribution in [0.5, 0.6) is 0 Å². The summed E-state index contributed by atoms with van der Waals surface area (Å²) in [7, 11) is 0. The molecule has 0 unspecified atom stereocenters. The molecule has 0 amide bonds. The second-order valence-corrected chi connectivity index (χ2v) is 5.93. The number of hydrogen-bond acceptors (Lipinski definition) is 2. The van der Waals surface area contributed by atoms with Crippen molar-refractivity contribution in [3.05, 3.63) is 20.3 Å². The average Bonchev–Trinajstić information content (AvgIpc) is 2.44. The third-order valence-corrected chi connectivity index (χ3v) is 4.11. The Balaban J connectivity index is 2.59. The molecule has 1 nitrogen and oxygen atoms in total. The van der Waals surface area contributed by atoms with Crippen LogP contribution in [0.1, 0.15) is 23.6 Å². The Hall–Kier alpha value is -0.300. The van der Waals surface area contributed by atoms with Gasteiger partial charge in [0.2, 0.25) is 0 Å². The quantitative estimate of drug-likeness (QED) is 0.832. The van der Waals surface area contributed by atoms with E-state index >= 15 is 0 Å². The molecule has 3 heteroatoms. The Labute approximate surface area is 98.0 Å². The largest absolute Gasteiger partial charge is 0.297 e. The molecule has 0 spiro atoms. The van der Waals surface area contributed by atoms with Crippen molar-refractivity contribution in [3.8, 4) is 12.3 Å². The molecule has 1 N–H and O–H groups in total. The normalized spacial score (nSPS) is 11.4. The number of aryl methyl sites for hydroxylation is 1. The fourth-order valence-electron chi connectivity index (χ4n) is 0.964. The van der Waals surface area contributed by atoms with Crippen LogP contribution in [-0.2, 0) is 6.54 Å². The van der Waals surface area contributed by atoms with Gasteiger partial charge in [0.15, 0.2) is 0 Å². The molecular weight excluding hydrogens is 258 g/mol. The second-order valence-electron chi connectivity index (χ2n) is 3.74. The monoisotopic (exact) mass is 271 g/mol. The molecule has 0 aliphatic heterocycles. The van der Waals surface area contributed by atoms with Crippen molar-refractivity contribution in [2.24, 2.45) is 0 Å². The maximum absolute atomic E-state index is 5.39. The van der Waals surface area contributed by atoms with Gasteiger partial charge in [0.05, 0.1) is 5.54 Å². The molecule has 14 heavy (non-hydrogen) atoms. The van der Waals surface area contributed by atoms with Gasteiger partial charge >= 0.3 is 0 Å². The van der Waals surface area contributed by atoms with Crippen LogP contribution < -0.4 is 5.32 Å². The highest BCUT2D eigenvalue weighted by Gasteiger charge is 2.13. The Kier molecular flexibility index (Phi) is 3.77.